The molecule has 7 rings (SSSR count). The lowest BCUT2D eigenvalue weighted by atomic mass is 9.49. The van der Waals surface area contributed by atoms with E-state index in [1.165, 1.54) is 12.8 Å². The second-order valence-corrected chi connectivity index (χ2v) is 11.4. The molecule has 5 aliphatic rings. The first-order valence-corrected chi connectivity index (χ1v) is 13.1. The van der Waals surface area contributed by atoms with Crippen molar-refractivity contribution in [3.05, 3.63) is 58.4 Å². The molecule has 8 nitrogen and oxygen atoms in total. The molecule has 37 heavy (non-hydrogen) atoms. The van der Waals surface area contributed by atoms with E-state index in [2.05, 4.69) is 10.2 Å². The van der Waals surface area contributed by atoms with Crippen molar-refractivity contribution in [2.75, 3.05) is 25.5 Å². The molecule has 2 fully saturated rings. The number of aliphatic hydroxyl groups excluding tert-OH is 1. The second kappa shape index (κ2) is 7.65. The van der Waals surface area contributed by atoms with Crippen LogP contribution in [0.5, 0.6) is 17.2 Å². The van der Waals surface area contributed by atoms with Crippen LogP contribution in [-0.2, 0) is 16.6 Å². The molecule has 2 aromatic rings. The first-order valence-electron chi connectivity index (χ1n) is 13.1. The summed E-state index contributed by atoms with van der Waals surface area (Å²) in [5.41, 5.74) is 1.16. The Morgan fingerprint density at radius 3 is 2.78 bits per heavy atom. The summed E-state index contributed by atoms with van der Waals surface area (Å²) in [5.74, 6) is 1.04. The van der Waals surface area contributed by atoms with E-state index in [4.69, 9.17) is 9.47 Å². The van der Waals surface area contributed by atoms with E-state index in [1.807, 2.05) is 19.1 Å². The summed E-state index contributed by atoms with van der Waals surface area (Å²) in [4.78, 5) is 16.0. The summed E-state index contributed by atoms with van der Waals surface area (Å²) in [5, 5.41) is 37.9. The van der Waals surface area contributed by atoms with Gasteiger partial charge in [0.1, 0.15) is 11.5 Å². The van der Waals surface area contributed by atoms with Crippen molar-refractivity contribution in [3.63, 3.8) is 0 Å². The maximum atomic E-state index is 13.6. The van der Waals surface area contributed by atoms with Gasteiger partial charge >= 0.3 is 0 Å². The zero-order valence-corrected chi connectivity index (χ0v) is 21.1. The third kappa shape index (κ3) is 3.00. The average molecular weight is 505 g/mol. The van der Waals surface area contributed by atoms with E-state index in [1.54, 1.807) is 25.3 Å². The van der Waals surface area contributed by atoms with Crippen LogP contribution in [0.3, 0.4) is 0 Å². The first kappa shape index (κ1) is 22.9. The largest absolute Gasteiger partial charge is 0.508 e. The number of likely N-dealkylation sites (tertiary alicyclic amines) is 1. The molecule has 0 unspecified atom stereocenters. The minimum atomic E-state index is -1.33. The van der Waals surface area contributed by atoms with Crippen LogP contribution in [0.4, 0.5) is 5.69 Å². The Bertz CT molecular complexity index is 1370. The van der Waals surface area contributed by atoms with E-state index in [0.29, 0.717) is 35.9 Å². The summed E-state index contributed by atoms with van der Waals surface area (Å²) in [6.45, 7) is 3.58. The van der Waals surface area contributed by atoms with Gasteiger partial charge in [0.05, 0.1) is 23.7 Å². The minimum Gasteiger partial charge on any atom is -0.508 e. The third-order valence-electron chi connectivity index (χ3n) is 9.47. The number of carbonyl (C=O) groups is 1. The van der Waals surface area contributed by atoms with Crippen LogP contribution in [0.2, 0.25) is 0 Å². The number of aliphatic hydroxyl groups is 2. The van der Waals surface area contributed by atoms with Gasteiger partial charge < -0.3 is 30.1 Å². The molecule has 2 aliphatic heterocycles. The number of methoxy groups -OCH3 is 1. The lowest BCUT2D eigenvalue weighted by Gasteiger charge is -2.62. The highest BCUT2D eigenvalue weighted by atomic mass is 16.5. The SMILES string of the molecule is COc1ccc(NC(=O)C2=C(O)[C@@H]3Oc4c(O)ccc5c4[C@@]34CCN(CC3CC3)[C@H](C5)[C@]4(O)C2)c(C)c1. The summed E-state index contributed by atoms with van der Waals surface area (Å²) < 4.78 is 11.5. The minimum absolute atomic E-state index is 0.00334. The number of hydrogen-bond acceptors (Lipinski definition) is 7. The average Bonchev–Trinajstić information content (AvgIpc) is 3.62. The van der Waals surface area contributed by atoms with Gasteiger partial charge in [0.2, 0.25) is 0 Å². The number of rotatable bonds is 5. The molecule has 2 heterocycles. The standard InChI is InChI=1S/C29H32N2O6/c1-15-11-18(36-2)6-7-20(15)30-27(34)19-13-29(35)22-12-17-5-8-21(32)25-23(17)28(29,26(37-25)24(19)33)9-10-31(22)14-16-3-4-16/h5-8,11,16,22,26,32-33,35H,3-4,9-10,12-14H2,1-2H3,(H,30,34)/t22-,26+,28+,29-/m1/s1. The molecule has 1 saturated carbocycles. The number of carbonyl (C=O) groups excluding carboxylic acids is 1. The van der Waals surface area contributed by atoms with Crippen molar-refractivity contribution in [2.24, 2.45) is 5.92 Å². The molecule has 0 radical (unpaired) electrons. The second-order valence-electron chi connectivity index (χ2n) is 11.4. The predicted molar refractivity (Wildman–Crippen MR) is 136 cm³/mol. The summed E-state index contributed by atoms with van der Waals surface area (Å²) in [6, 6.07) is 8.70. The number of phenolic OH excluding ortho intramolecular Hbond substituents is 1. The Morgan fingerprint density at radius 1 is 1.24 bits per heavy atom. The lowest BCUT2D eigenvalue weighted by molar-refractivity contribution is -0.172. The van der Waals surface area contributed by atoms with E-state index < -0.39 is 23.0 Å². The number of aryl methyl sites for hydroxylation is 1. The first-order chi connectivity index (χ1) is 17.8. The van der Waals surface area contributed by atoms with Gasteiger partial charge in [-0.15, -0.1) is 0 Å². The molecule has 4 atom stereocenters. The molecule has 1 amide bonds. The monoisotopic (exact) mass is 504 g/mol. The Balaban J connectivity index is 1.33. The quantitative estimate of drug-likeness (QED) is 0.494. The number of phenols is 1. The van der Waals surface area contributed by atoms with Crippen LogP contribution in [-0.4, -0.2) is 64.1 Å². The fourth-order valence-electron chi connectivity index (χ4n) is 7.47. The third-order valence-corrected chi connectivity index (χ3v) is 9.47. The van der Waals surface area contributed by atoms with E-state index in [-0.39, 0.29) is 29.5 Å². The molecular formula is C29H32N2O6. The Hall–Kier alpha value is -3.23. The number of nitrogens with one attached hydrogen (secondary N) is 1. The number of aromatic hydroxyl groups is 1. The van der Waals surface area contributed by atoms with Crippen molar-refractivity contribution in [1.82, 2.24) is 4.90 Å². The summed E-state index contributed by atoms with van der Waals surface area (Å²) in [7, 11) is 1.59. The smallest absolute Gasteiger partial charge is 0.255 e. The zero-order valence-electron chi connectivity index (χ0n) is 21.1. The molecule has 0 aromatic heterocycles. The van der Waals surface area contributed by atoms with E-state index in [0.717, 1.165) is 29.8 Å². The molecule has 2 bridgehead atoms. The van der Waals surface area contributed by atoms with E-state index in [9.17, 15) is 20.1 Å². The maximum absolute atomic E-state index is 13.6. The normalized spacial score (nSPS) is 31.5. The number of piperidine rings is 1. The van der Waals surface area contributed by atoms with Gasteiger partial charge in [-0.1, -0.05) is 6.07 Å². The van der Waals surface area contributed by atoms with Gasteiger partial charge in [-0.25, -0.2) is 0 Å². The summed E-state index contributed by atoms with van der Waals surface area (Å²) in [6.07, 6.45) is 2.69. The van der Waals surface area contributed by atoms with Crippen LogP contribution in [0.25, 0.3) is 0 Å². The molecule has 3 aliphatic carbocycles. The molecular weight excluding hydrogens is 472 g/mol. The van der Waals surface area contributed by atoms with E-state index >= 15 is 0 Å². The highest BCUT2D eigenvalue weighted by Gasteiger charge is 2.73. The topological polar surface area (TPSA) is 111 Å². The Kier molecular flexibility index (Phi) is 4.74. The molecule has 1 saturated heterocycles. The molecule has 1 spiro atoms. The molecule has 2 aromatic carbocycles. The molecule has 4 N–H and O–H groups in total. The van der Waals surface area contributed by atoms with Gasteiger partial charge in [-0.05, 0) is 80.5 Å². The van der Waals surface area contributed by atoms with Crippen LogP contribution in [0, 0.1) is 12.8 Å². The van der Waals surface area contributed by atoms with Gasteiger partial charge in [-0.2, -0.15) is 0 Å². The van der Waals surface area contributed by atoms with Crippen LogP contribution < -0.4 is 14.8 Å². The number of hydrogen-bond donors (Lipinski definition) is 4. The van der Waals surface area contributed by atoms with Crippen molar-refractivity contribution in [1.29, 1.82) is 0 Å². The predicted octanol–water partition coefficient (Wildman–Crippen LogP) is 3.33. The van der Waals surface area contributed by atoms with Crippen LogP contribution in [0.1, 0.15) is 42.4 Å². The van der Waals surface area contributed by atoms with Gasteiger partial charge in [0, 0.05) is 30.3 Å². The lowest BCUT2D eigenvalue weighted by Crippen LogP contribution is -2.75. The highest BCUT2D eigenvalue weighted by Crippen LogP contribution is 2.66. The number of ether oxygens (including phenoxy) is 2. The van der Waals surface area contributed by atoms with Crippen molar-refractivity contribution in [2.45, 2.75) is 62.2 Å². The zero-order chi connectivity index (χ0) is 25.7. The number of anilines is 1. The number of benzene rings is 2. The molecule has 8 heteroatoms. The van der Waals surface area contributed by atoms with Crippen molar-refractivity contribution >= 4 is 11.6 Å². The van der Waals surface area contributed by atoms with Gasteiger partial charge in [-0.3, -0.25) is 9.69 Å². The maximum Gasteiger partial charge on any atom is 0.255 e. The Labute approximate surface area is 215 Å². The number of amides is 1. The van der Waals surface area contributed by atoms with Crippen molar-refractivity contribution < 1.29 is 29.6 Å². The van der Waals surface area contributed by atoms with Crippen LogP contribution >= 0.6 is 0 Å². The van der Waals surface area contributed by atoms with Gasteiger partial charge in [0.25, 0.3) is 5.91 Å². The highest BCUT2D eigenvalue weighted by molar-refractivity contribution is 6.05. The molecule has 194 valence electrons. The van der Waals surface area contributed by atoms with Crippen molar-refractivity contribution in [3.8, 4) is 17.2 Å². The van der Waals surface area contributed by atoms with Crippen LogP contribution in [0.15, 0.2) is 41.7 Å². The Morgan fingerprint density at radius 2 is 2.05 bits per heavy atom. The fourth-order valence-corrected chi connectivity index (χ4v) is 7.47. The summed E-state index contributed by atoms with van der Waals surface area (Å²) >= 11 is 0. The fraction of sp³-hybridized carbons (Fsp3) is 0.483. The number of nitrogens with zero attached hydrogens (tertiary/aromatic N) is 1. The van der Waals surface area contributed by atoms with Gasteiger partial charge in [0.15, 0.2) is 17.6 Å².